The molecule has 170 valence electrons. The molecule has 4 rings (SSSR count). The SMILES string of the molecule is CCOC(=O)Cn1nnnc1CN(Cc1cc2cccc(C)c2[nH]c1=O)C1CCCCC1. The first-order chi connectivity index (χ1) is 15.5. The van der Waals surface area contributed by atoms with Crippen molar-refractivity contribution in [2.45, 2.75) is 71.6 Å². The number of hydrogen-bond donors (Lipinski definition) is 1. The summed E-state index contributed by atoms with van der Waals surface area (Å²) >= 11 is 0. The van der Waals surface area contributed by atoms with E-state index in [4.69, 9.17) is 4.74 Å². The van der Waals surface area contributed by atoms with Crippen molar-refractivity contribution in [3.63, 3.8) is 0 Å². The van der Waals surface area contributed by atoms with Crippen molar-refractivity contribution < 1.29 is 9.53 Å². The average molecular weight is 439 g/mol. The third kappa shape index (κ3) is 5.04. The second kappa shape index (κ2) is 10.0. The lowest BCUT2D eigenvalue weighted by molar-refractivity contribution is -0.144. The van der Waals surface area contributed by atoms with E-state index in [-0.39, 0.29) is 18.1 Å². The molecule has 0 radical (unpaired) electrons. The lowest BCUT2D eigenvalue weighted by atomic mass is 9.93. The summed E-state index contributed by atoms with van der Waals surface area (Å²) in [6.45, 7) is 5.01. The first kappa shape index (κ1) is 22.1. The highest BCUT2D eigenvalue weighted by molar-refractivity contribution is 5.81. The fourth-order valence-corrected chi connectivity index (χ4v) is 4.49. The maximum absolute atomic E-state index is 12.9. The van der Waals surface area contributed by atoms with Crippen LogP contribution in [0.5, 0.6) is 0 Å². The van der Waals surface area contributed by atoms with Crippen molar-refractivity contribution in [2.75, 3.05) is 6.61 Å². The normalized spacial score (nSPS) is 14.8. The summed E-state index contributed by atoms with van der Waals surface area (Å²) in [7, 11) is 0. The van der Waals surface area contributed by atoms with Gasteiger partial charge in [0.1, 0.15) is 6.54 Å². The molecule has 0 saturated heterocycles. The first-order valence-corrected chi connectivity index (χ1v) is 11.3. The number of tetrazole rings is 1. The van der Waals surface area contributed by atoms with Gasteiger partial charge in [-0.05, 0) is 54.1 Å². The number of pyridine rings is 1. The molecule has 2 aromatic heterocycles. The van der Waals surface area contributed by atoms with E-state index in [1.54, 1.807) is 6.92 Å². The largest absolute Gasteiger partial charge is 0.465 e. The van der Waals surface area contributed by atoms with Crippen molar-refractivity contribution in [3.05, 3.63) is 51.6 Å². The van der Waals surface area contributed by atoms with Gasteiger partial charge in [-0.25, -0.2) is 4.68 Å². The number of fused-ring (bicyclic) bond motifs is 1. The highest BCUT2D eigenvalue weighted by Gasteiger charge is 2.25. The zero-order valence-electron chi connectivity index (χ0n) is 18.7. The molecule has 1 aromatic carbocycles. The molecule has 0 unspecified atom stereocenters. The van der Waals surface area contributed by atoms with Crippen molar-refractivity contribution >= 4 is 16.9 Å². The maximum Gasteiger partial charge on any atom is 0.327 e. The summed E-state index contributed by atoms with van der Waals surface area (Å²) in [5.41, 5.74) is 2.58. The van der Waals surface area contributed by atoms with E-state index in [1.807, 2.05) is 31.2 Å². The molecule has 1 aliphatic rings. The van der Waals surface area contributed by atoms with E-state index in [2.05, 4.69) is 25.4 Å². The minimum Gasteiger partial charge on any atom is -0.465 e. The molecule has 0 spiro atoms. The molecule has 9 heteroatoms. The van der Waals surface area contributed by atoms with Crippen LogP contribution in [-0.2, 0) is 29.2 Å². The lowest BCUT2D eigenvalue weighted by Crippen LogP contribution is -2.38. The number of rotatable bonds is 8. The van der Waals surface area contributed by atoms with Crippen LogP contribution in [0.2, 0.25) is 0 Å². The van der Waals surface area contributed by atoms with Crippen LogP contribution < -0.4 is 5.56 Å². The van der Waals surface area contributed by atoms with E-state index >= 15 is 0 Å². The molecule has 2 heterocycles. The highest BCUT2D eigenvalue weighted by atomic mass is 16.5. The summed E-state index contributed by atoms with van der Waals surface area (Å²) in [6.07, 6.45) is 5.72. The molecule has 0 amide bonds. The molecule has 0 bridgehead atoms. The zero-order valence-corrected chi connectivity index (χ0v) is 18.7. The van der Waals surface area contributed by atoms with Crippen molar-refractivity contribution in [3.8, 4) is 0 Å². The monoisotopic (exact) mass is 438 g/mol. The minimum absolute atomic E-state index is 0.0233. The molecule has 1 fully saturated rings. The van der Waals surface area contributed by atoms with Crippen LogP contribution in [0.3, 0.4) is 0 Å². The second-order valence-corrected chi connectivity index (χ2v) is 8.42. The number of carbonyl (C=O) groups is 1. The third-order valence-electron chi connectivity index (χ3n) is 6.16. The quantitative estimate of drug-likeness (QED) is 0.539. The highest BCUT2D eigenvalue weighted by Crippen LogP contribution is 2.25. The van der Waals surface area contributed by atoms with Gasteiger partial charge in [-0.1, -0.05) is 37.5 Å². The summed E-state index contributed by atoms with van der Waals surface area (Å²) in [5, 5.41) is 12.9. The molecule has 1 saturated carbocycles. The molecule has 0 atom stereocenters. The molecule has 1 N–H and O–H groups in total. The van der Waals surface area contributed by atoms with Gasteiger partial charge in [0.25, 0.3) is 5.56 Å². The smallest absolute Gasteiger partial charge is 0.327 e. The Balaban J connectivity index is 1.61. The van der Waals surface area contributed by atoms with Gasteiger partial charge in [0, 0.05) is 18.2 Å². The molecule has 32 heavy (non-hydrogen) atoms. The molecule has 9 nitrogen and oxygen atoms in total. The Hall–Kier alpha value is -3.07. The second-order valence-electron chi connectivity index (χ2n) is 8.42. The Morgan fingerprint density at radius 3 is 2.84 bits per heavy atom. The number of H-pyrrole nitrogens is 1. The number of nitrogens with one attached hydrogen (secondary N) is 1. The number of carbonyl (C=O) groups excluding carboxylic acids is 1. The standard InChI is InChI=1S/C23H30N6O3/c1-3-32-21(30)15-29-20(25-26-27-29)14-28(19-10-5-4-6-11-19)13-18-12-17-9-7-8-16(2)22(17)24-23(18)31/h7-9,12,19H,3-6,10-11,13-15H2,1-2H3,(H,24,31). The number of esters is 1. The number of ether oxygens (including phenoxy) is 1. The van der Waals surface area contributed by atoms with Gasteiger partial charge >= 0.3 is 5.97 Å². The fraction of sp³-hybridized carbons (Fsp3) is 0.522. The average Bonchev–Trinajstić information content (AvgIpc) is 3.21. The van der Waals surface area contributed by atoms with Gasteiger partial charge < -0.3 is 9.72 Å². The van der Waals surface area contributed by atoms with Gasteiger partial charge in [-0.2, -0.15) is 0 Å². The van der Waals surface area contributed by atoms with Gasteiger partial charge in [0.15, 0.2) is 5.82 Å². The van der Waals surface area contributed by atoms with Crippen LogP contribution in [-0.4, -0.2) is 48.7 Å². The third-order valence-corrected chi connectivity index (χ3v) is 6.16. The molecule has 1 aliphatic carbocycles. The van der Waals surface area contributed by atoms with Gasteiger partial charge in [0.05, 0.1) is 18.7 Å². The number of benzene rings is 1. The maximum atomic E-state index is 12.9. The summed E-state index contributed by atoms with van der Waals surface area (Å²) in [6, 6.07) is 8.34. The molecular weight excluding hydrogens is 408 g/mol. The van der Waals surface area contributed by atoms with Crippen LogP contribution in [0.15, 0.2) is 29.1 Å². The van der Waals surface area contributed by atoms with E-state index < -0.39 is 0 Å². The Morgan fingerprint density at radius 2 is 2.06 bits per heavy atom. The number of nitrogens with zero attached hydrogens (tertiary/aromatic N) is 5. The Kier molecular flexibility index (Phi) is 6.94. The fourth-order valence-electron chi connectivity index (χ4n) is 4.49. The van der Waals surface area contributed by atoms with Crippen molar-refractivity contribution in [1.29, 1.82) is 0 Å². The van der Waals surface area contributed by atoms with Crippen LogP contribution in [0, 0.1) is 6.92 Å². The topological polar surface area (TPSA) is 106 Å². The molecule has 3 aromatic rings. The Labute approximate surface area is 186 Å². The first-order valence-electron chi connectivity index (χ1n) is 11.3. The Bertz CT molecular complexity index is 1130. The van der Waals surface area contributed by atoms with Crippen LogP contribution >= 0.6 is 0 Å². The number of hydrogen-bond acceptors (Lipinski definition) is 7. The van der Waals surface area contributed by atoms with Gasteiger partial charge in [-0.3, -0.25) is 14.5 Å². The van der Waals surface area contributed by atoms with Crippen molar-refractivity contribution in [1.82, 2.24) is 30.1 Å². The predicted molar refractivity (Wildman–Crippen MR) is 120 cm³/mol. The van der Waals surface area contributed by atoms with E-state index in [1.165, 1.54) is 23.9 Å². The van der Waals surface area contributed by atoms with E-state index in [0.717, 1.165) is 34.9 Å². The summed E-state index contributed by atoms with van der Waals surface area (Å²) in [4.78, 5) is 30.2. The van der Waals surface area contributed by atoms with Gasteiger partial charge in [0.2, 0.25) is 0 Å². The number of aromatic amines is 1. The van der Waals surface area contributed by atoms with Crippen molar-refractivity contribution in [2.24, 2.45) is 0 Å². The number of aryl methyl sites for hydroxylation is 1. The molecule has 0 aliphatic heterocycles. The zero-order chi connectivity index (χ0) is 22.5. The van der Waals surface area contributed by atoms with Crippen LogP contribution in [0.4, 0.5) is 0 Å². The van der Waals surface area contributed by atoms with E-state index in [0.29, 0.717) is 31.6 Å². The van der Waals surface area contributed by atoms with E-state index in [9.17, 15) is 9.59 Å². The molecular formula is C23H30N6O3. The Morgan fingerprint density at radius 1 is 1.25 bits per heavy atom. The summed E-state index contributed by atoms with van der Waals surface area (Å²) in [5.74, 6) is 0.225. The number of para-hydroxylation sites is 1. The van der Waals surface area contributed by atoms with Gasteiger partial charge in [-0.15, -0.1) is 5.10 Å². The van der Waals surface area contributed by atoms with Crippen LogP contribution in [0.25, 0.3) is 10.9 Å². The van der Waals surface area contributed by atoms with Crippen LogP contribution in [0.1, 0.15) is 56.0 Å². The summed E-state index contributed by atoms with van der Waals surface area (Å²) < 4.78 is 6.53. The lowest BCUT2D eigenvalue weighted by Gasteiger charge is -2.33. The minimum atomic E-state index is -0.369. The predicted octanol–water partition coefficient (Wildman–Crippen LogP) is 2.72. The number of aromatic nitrogens is 5.